The van der Waals surface area contributed by atoms with E-state index in [1.54, 1.807) is 11.3 Å². The lowest BCUT2D eigenvalue weighted by atomic mass is 10.1. The first-order valence-corrected chi connectivity index (χ1v) is 5.70. The van der Waals surface area contributed by atoms with Gasteiger partial charge in [0.25, 0.3) is 0 Å². The minimum atomic E-state index is 1.24. The molecule has 0 atom stereocenters. The van der Waals surface area contributed by atoms with Gasteiger partial charge in [-0.25, -0.2) is 0 Å². The van der Waals surface area contributed by atoms with Gasteiger partial charge in [-0.15, -0.1) is 11.3 Å². The number of aromatic nitrogens is 1. The van der Waals surface area contributed by atoms with Crippen molar-refractivity contribution in [3.05, 3.63) is 54.2 Å². The standard InChI is InChI=1S/C13H9NS/c1-2-4-13-11(3-1)12(9-15-13)10-5-7-14-8-6-10/h1-9H. The number of rotatable bonds is 1. The second kappa shape index (κ2) is 3.48. The molecular formula is C13H9NS. The van der Waals surface area contributed by atoms with Crippen LogP contribution < -0.4 is 0 Å². The first-order valence-electron chi connectivity index (χ1n) is 4.82. The quantitative estimate of drug-likeness (QED) is 0.593. The van der Waals surface area contributed by atoms with Crippen molar-refractivity contribution in [2.45, 2.75) is 0 Å². The van der Waals surface area contributed by atoms with E-state index in [9.17, 15) is 0 Å². The van der Waals surface area contributed by atoms with Gasteiger partial charge in [0.1, 0.15) is 0 Å². The van der Waals surface area contributed by atoms with E-state index < -0.39 is 0 Å². The van der Waals surface area contributed by atoms with Gasteiger partial charge in [0.2, 0.25) is 0 Å². The van der Waals surface area contributed by atoms with E-state index in [-0.39, 0.29) is 0 Å². The Morgan fingerprint density at radius 2 is 1.73 bits per heavy atom. The highest BCUT2D eigenvalue weighted by molar-refractivity contribution is 7.17. The molecule has 72 valence electrons. The molecule has 0 N–H and O–H groups in total. The molecule has 0 amide bonds. The molecule has 0 unspecified atom stereocenters. The second-order valence-electron chi connectivity index (χ2n) is 3.38. The third kappa shape index (κ3) is 1.43. The van der Waals surface area contributed by atoms with Crippen LogP contribution >= 0.6 is 11.3 Å². The van der Waals surface area contributed by atoms with Gasteiger partial charge in [-0.3, -0.25) is 4.98 Å². The molecule has 2 heterocycles. The number of hydrogen-bond acceptors (Lipinski definition) is 2. The van der Waals surface area contributed by atoms with Crippen LogP contribution in [0.1, 0.15) is 0 Å². The maximum atomic E-state index is 4.04. The number of fused-ring (bicyclic) bond motifs is 1. The van der Waals surface area contributed by atoms with E-state index >= 15 is 0 Å². The summed E-state index contributed by atoms with van der Waals surface area (Å²) in [6.07, 6.45) is 3.67. The molecule has 3 aromatic rings. The van der Waals surface area contributed by atoms with Crippen LogP contribution in [0.15, 0.2) is 54.2 Å². The van der Waals surface area contributed by atoms with Gasteiger partial charge in [0, 0.05) is 28.0 Å². The Morgan fingerprint density at radius 1 is 0.933 bits per heavy atom. The first-order chi connectivity index (χ1) is 7.45. The lowest BCUT2D eigenvalue weighted by Crippen LogP contribution is -1.75. The molecule has 1 nitrogen and oxygen atoms in total. The van der Waals surface area contributed by atoms with E-state index in [0.29, 0.717) is 0 Å². The van der Waals surface area contributed by atoms with Gasteiger partial charge in [0.05, 0.1) is 0 Å². The van der Waals surface area contributed by atoms with Crippen LogP contribution in [0, 0.1) is 0 Å². The number of benzene rings is 1. The van der Waals surface area contributed by atoms with Crippen LogP contribution in [-0.4, -0.2) is 4.98 Å². The molecule has 3 rings (SSSR count). The molecule has 1 aromatic carbocycles. The summed E-state index contributed by atoms with van der Waals surface area (Å²) in [6, 6.07) is 12.6. The Hall–Kier alpha value is -1.67. The normalized spacial score (nSPS) is 10.7. The Balaban J connectivity index is 2.28. The Kier molecular flexibility index (Phi) is 2.00. The van der Waals surface area contributed by atoms with Gasteiger partial charge in [-0.05, 0) is 29.1 Å². The Morgan fingerprint density at radius 3 is 2.60 bits per heavy atom. The zero-order valence-corrected chi connectivity index (χ0v) is 8.87. The van der Waals surface area contributed by atoms with Gasteiger partial charge in [-0.1, -0.05) is 18.2 Å². The van der Waals surface area contributed by atoms with Gasteiger partial charge in [-0.2, -0.15) is 0 Å². The molecule has 2 heteroatoms. The number of nitrogens with zero attached hydrogens (tertiary/aromatic N) is 1. The predicted molar refractivity (Wildman–Crippen MR) is 65.1 cm³/mol. The molecule has 0 aliphatic rings. The smallest absolute Gasteiger partial charge is 0.0349 e. The summed E-state index contributed by atoms with van der Waals surface area (Å²) in [5.41, 5.74) is 2.54. The van der Waals surface area contributed by atoms with Crippen molar-refractivity contribution in [2.75, 3.05) is 0 Å². The molecule has 0 aliphatic heterocycles. The molecule has 15 heavy (non-hydrogen) atoms. The maximum Gasteiger partial charge on any atom is 0.0349 e. The van der Waals surface area contributed by atoms with E-state index in [4.69, 9.17) is 0 Å². The molecule has 0 saturated carbocycles. The highest BCUT2D eigenvalue weighted by Gasteiger charge is 2.04. The first kappa shape index (κ1) is 8.62. The van der Waals surface area contributed by atoms with E-state index in [2.05, 4.69) is 46.8 Å². The van der Waals surface area contributed by atoms with Crippen molar-refractivity contribution in [3.63, 3.8) is 0 Å². The molecule has 2 aromatic heterocycles. The van der Waals surface area contributed by atoms with Crippen LogP contribution in [-0.2, 0) is 0 Å². The van der Waals surface area contributed by atoms with E-state index in [1.165, 1.54) is 21.2 Å². The van der Waals surface area contributed by atoms with E-state index in [0.717, 1.165) is 0 Å². The summed E-state index contributed by atoms with van der Waals surface area (Å²) < 4.78 is 1.34. The summed E-state index contributed by atoms with van der Waals surface area (Å²) >= 11 is 1.79. The lowest BCUT2D eigenvalue weighted by molar-refractivity contribution is 1.33. The van der Waals surface area contributed by atoms with Crippen molar-refractivity contribution in [3.8, 4) is 11.1 Å². The molecule has 0 aliphatic carbocycles. The zero-order chi connectivity index (χ0) is 10.1. The van der Waals surface area contributed by atoms with Crippen molar-refractivity contribution in [1.82, 2.24) is 4.98 Å². The van der Waals surface area contributed by atoms with Gasteiger partial charge in [0.15, 0.2) is 0 Å². The molecule has 0 fully saturated rings. The van der Waals surface area contributed by atoms with Crippen molar-refractivity contribution >= 4 is 21.4 Å². The minimum Gasteiger partial charge on any atom is -0.265 e. The molecule has 0 radical (unpaired) electrons. The summed E-state index contributed by atoms with van der Waals surface area (Å²) in [7, 11) is 0. The van der Waals surface area contributed by atoms with Gasteiger partial charge < -0.3 is 0 Å². The van der Waals surface area contributed by atoms with Crippen LogP contribution in [0.5, 0.6) is 0 Å². The number of hydrogen-bond donors (Lipinski definition) is 0. The molecule has 0 spiro atoms. The molecular weight excluding hydrogens is 202 g/mol. The molecule has 0 saturated heterocycles. The third-order valence-electron chi connectivity index (χ3n) is 2.47. The van der Waals surface area contributed by atoms with Gasteiger partial charge >= 0.3 is 0 Å². The summed E-state index contributed by atoms with van der Waals surface area (Å²) in [6.45, 7) is 0. The predicted octanol–water partition coefficient (Wildman–Crippen LogP) is 3.96. The van der Waals surface area contributed by atoms with Crippen molar-refractivity contribution in [2.24, 2.45) is 0 Å². The lowest BCUT2D eigenvalue weighted by Gasteiger charge is -1.97. The number of pyridine rings is 1. The average molecular weight is 211 g/mol. The van der Waals surface area contributed by atoms with E-state index in [1.807, 2.05) is 12.4 Å². The summed E-state index contributed by atoms with van der Waals surface area (Å²) in [4.78, 5) is 4.04. The monoisotopic (exact) mass is 211 g/mol. The van der Waals surface area contributed by atoms with Crippen molar-refractivity contribution in [1.29, 1.82) is 0 Å². The fourth-order valence-electron chi connectivity index (χ4n) is 1.73. The Bertz CT molecular complexity index is 584. The van der Waals surface area contributed by atoms with Crippen molar-refractivity contribution < 1.29 is 0 Å². The minimum absolute atomic E-state index is 1.24. The maximum absolute atomic E-state index is 4.04. The SMILES string of the molecule is c1ccc2c(-c3ccncc3)csc2c1. The molecule has 0 bridgehead atoms. The summed E-state index contributed by atoms with van der Waals surface area (Å²) in [5.74, 6) is 0. The highest BCUT2D eigenvalue weighted by Crippen LogP contribution is 2.33. The summed E-state index contributed by atoms with van der Waals surface area (Å²) in [5, 5.41) is 3.54. The number of thiophene rings is 1. The van der Waals surface area contributed by atoms with Crippen LogP contribution in [0.2, 0.25) is 0 Å². The zero-order valence-electron chi connectivity index (χ0n) is 8.05. The fraction of sp³-hybridized carbons (Fsp3) is 0. The van der Waals surface area contributed by atoms with Crippen LogP contribution in [0.25, 0.3) is 21.2 Å². The largest absolute Gasteiger partial charge is 0.265 e. The fourth-order valence-corrected chi connectivity index (χ4v) is 2.70. The third-order valence-corrected chi connectivity index (χ3v) is 3.44. The van der Waals surface area contributed by atoms with Crippen LogP contribution in [0.3, 0.4) is 0 Å². The van der Waals surface area contributed by atoms with Crippen LogP contribution in [0.4, 0.5) is 0 Å². The average Bonchev–Trinajstić information content (AvgIpc) is 2.74. The second-order valence-corrected chi connectivity index (χ2v) is 4.29. The Labute approximate surface area is 92.0 Å². The highest BCUT2D eigenvalue weighted by atomic mass is 32.1. The topological polar surface area (TPSA) is 12.9 Å².